The Morgan fingerprint density at radius 1 is 1.42 bits per heavy atom. The molecule has 1 aromatic heterocycles. The molecule has 0 saturated carbocycles. The molecule has 0 bridgehead atoms. The highest BCUT2D eigenvalue weighted by Gasteiger charge is 2.20. The molecule has 1 aromatic rings. The number of amides is 1. The Balaban J connectivity index is 1.67. The van der Waals surface area contributed by atoms with E-state index < -0.39 is 0 Å². The zero-order chi connectivity index (χ0) is 13.7. The van der Waals surface area contributed by atoms with Gasteiger partial charge in [-0.25, -0.2) is 0 Å². The second kappa shape index (κ2) is 7.03. The Labute approximate surface area is 119 Å². The van der Waals surface area contributed by atoms with Gasteiger partial charge in [-0.05, 0) is 31.9 Å². The van der Waals surface area contributed by atoms with E-state index in [4.69, 9.17) is 0 Å². The number of thiophene rings is 1. The second-order valence-corrected chi connectivity index (χ2v) is 6.49. The normalized spacial score (nSPS) is 17.6. The first kappa shape index (κ1) is 14.5. The molecule has 0 radical (unpaired) electrons. The van der Waals surface area contributed by atoms with Crippen LogP contribution in [-0.4, -0.2) is 43.5 Å². The summed E-state index contributed by atoms with van der Waals surface area (Å²) in [6.45, 7) is 5.67. The van der Waals surface area contributed by atoms with Crippen molar-refractivity contribution in [1.29, 1.82) is 0 Å². The quantitative estimate of drug-likeness (QED) is 0.856. The molecule has 1 amide bonds. The van der Waals surface area contributed by atoms with E-state index in [9.17, 15) is 4.79 Å². The predicted molar refractivity (Wildman–Crippen MR) is 79.4 cm³/mol. The summed E-state index contributed by atoms with van der Waals surface area (Å²) >= 11 is 1.86. The van der Waals surface area contributed by atoms with Crippen molar-refractivity contribution in [3.8, 4) is 0 Å². The van der Waals surface area contributed by atoms with Crippen LogP contribution in [0, 0.1) is 6.92 Å². The number of hydrogen-bond donors (Lipinski definition) is 2. The van der Waals surface area contributed by atoms with Crippen LogP contribution in [0.4, 0.5) is 0 Å². The molecule has 1 aliphatic rings. The molecule has 0 spiro atoms. The number of piperidine rings is 1. The lowest BCUT2D eigenvalue weighted by Crippen LogP contribution is -2.45. The molecule has 2 heterocycles. The minimum absolute atomic E-state index is 0.112. The Morgan fingerprint density at radius 2 is 2.16 bits per heavy atom. The summed E-state index contributed by atoms with van der Waals surface area (Å²) in [7, 11) is 1.69. The third kappa shape index (κ3) is 4.60. The number of nitrogens with zero attached hydrogens (tertiary/aromatic N) is 1. The molecule has 1 fully saturated rings. The van der Waals surface area contributed by atoms with Gasteiger partial charge in [-0.3, -0.25) is 9.69 Å². The first-order valence-electron chi connectivity index (χ1n) is 6.89. The number of aryl methyl sites for hydroxylation is 1. The van der Waals surface area contributed by atoms with Crippen molar-refractivity contribution in [2.24, 2.45) is 0 Å². The van der Waals surface area contributed by atoms with Gasteiger partial charge in [0.05, 0.1) is 6.54 Å². The predicted octanol–water partition coefficient (Wildman–Crippen LogP) is 1.36. The number of likely N-dealkylation sites (N-methyl/N-ethyl adjacent to an activating group) is 1. The fourth-order valence-electron chi connectivity index (χ4n) is 2.40. The zero-order valence-electron chi connectivity index (χ0n) is 11.7. The largest absolute Gasteiger partial charge is 0.358 e. The first-order valence-corrected chi connectivity index (χ1v) is 7.70. The maximum Gasteiger partial charge on any atom is 0.233 e. The van der Waals surface area contributed by atoms with Gasteiger partial charge in [-0.15, -0.1) is 11.3 Å². The van der Waals surface area contributed by atoms with Gasteiger partial charge < -0.3 is 10.6 Å². The Bertz CT molecular complexity index is 411. The van der Waals surface area contributed by atoms with E-state index in [-0.39, 0.29) is 5.91 Å². The second-order valence-electron chi connectivity index (χ2n) is 5.12. The maximum absolute atomic E-state index is 11.3. The summed E-state index contributed by atoms with van der Waals surface area (Å²) < 4.78 is 0. The molecule has 19 heavy (non-hydrogen) atoms. The van der Waals surface area contributed by atoms with Crippen LogP contribution < -0.4 is 10.6 Å². The van der Waals surface area contributed by atoms with Crippen LogP contribution in [0.2, 0.25) is 0 Å². The number of likely N-dealkylation sites (tertiary alicyclic amines) is 1. The summed E-state index contributed by atoms with van der Waals surface area (Å²) in [6.07, 6.45) is 2.25. The van der Waals surface area contributed by atoms with E-state index in [1.165, 1.54) is 9.75 Å². The third-order valence-electron chi connectivity index (χ3n) is 3.59. The van der Waals surface area contributed by atoms with Crippen molar-refractivity contribution < 1.29 is 4.79 Å². The Morgan fingerprint density at radius 3 is 2.74 bits per heavy atom. The van der Waals surface area contributed by atoms with E-state index in [1.54, 1.807) is 7.05 Å². The molecule has 0 atom stereocenters. The van der Waals surface area contributed by atoms with Crippen LogP contribution >= 0.6 is 11.3 Å². The highest BCUT2D eigenvalue weighted by atomic mass is 32.1. The van der Waals surface area contributed by atoms with Crippen molar-refractivity contribution >= 4 is 17.2 Å². The highest BCUT2D eigenvalue weighted by Crippen LogP contribution is 2.16. The lowest BCUT2D eigenvalue weighted by molar-refractivity contribution is -0.122. The highest BCUT2D eigenvalue weighted by molar-refractivity contribution is 7.11. The van der Waals surface area contributed by atoms with Gasteiger partial charge in [0.1, 0.15) is 0 Å². The summed E-state index contributed by atoms with van der Waals surface area (Å²) in [5, 5.41) is 6.30. The number of hydrogen-bond acceptors (Lipinski definition) is 4. The molecule has 0 aliphatic carbocycles. The first-order chi connectivity index (χ1) is 9.17. The van der Waals surface area contributed by atoms with Gasteiger partial charge in [0.2, 0.25) is 5.91 Å². The molecule has 5 heteroatoms. The van der Waals surface area contributed by atoms with Crippen molar-refractivity contribution in [3.05, 3.63) is 21.9 Å². The topological polar surface area (TPSA) is 44.4 Å². The van der Waals surface area contributed by atoms with Crippen molar-refractivity contribution in [2.75, 3.05) is 26.7 Å². The van der Waals surface area contributed by atoms with Gasteiger partial charge in [-0.1, -0.05) is 0 Å². The average molecular weight is 281 g/mol. The van der Waals surface area contributed by atoms with Gasteiger partial charge in [0.15, 0.2) is 0 Å². The number of nitrogens with one attached hydrogen (secondary N) is 2. The average Bonchev–Trinajstić information content (AvgIpc) is 2.83. The van der Waals surface area contributed by atoms with Crippen LogP contribution in [0.25, 0.3) is 0 Å². The SMILES string of the molecule is CNC(=O)CN1CCC(NCc2ccc(C)s2)CC1. The van der Waals surface area contributed by atoms with Gasteiger partial charge >= 0.3 is 0 Å². The Kier molecular flexibility index (Phi) is 5.36. The van der Waals surface area contributed by atoms with E-state index in [0.717, 1.165) is 32.5 Å². The molecular weight excluding hydrogens is 258 g/mol. The fraction of sp³-hybridized carbons (Fsp3) is 0.643. The molecule has 2 rings (SSSR count). The number of carbonyl (C=O) groups excluding carboxylic acids is 1. The van der Waals surface area contributed by atoms with E-state index in [1.807, 2.05) is 11.3 Å². The van der Waals surface area contributed by atoms with Crippen LogP contribution in [0.3, 0.4) is 0 Å². The smallest absolute Gasteiger partial charge is 0.233 e. The molecular formula is C14H23N3OS. The molecule has 4 nitrogen and oxygen atoms in total. The van der Waals surface area contributed by atoms with Crippen molar-refractivity contribution in [3.63, 3.8) is 0 Å². The van der Waals surface area contributed by atoms with E-state index in [0.29, 0.717) is 12.6 Å². The van der Waals surface area contributed by atoms with E-state index in [2.05, 4.69) is 34.6 Å². The molecule has 1 aliphatic heterocycles. The van der Waals surface area contributed by atoms with Crippen LogP contribution in [0.5, 0.6) is 0 Å². The zero-order valence-corrected chi connectivity index (χ0v) is 12.6. The molecule has 106 valence electrons. The minimum atomic E-state index is 0.112. The molecule has 1 saturated heterocycles. The standard InChI is InChI=1S/C14H23N3OS/c1-11-3-4-13(19-11)9-16-12-5-7-17(8-6-12)10-14(18)15-2/h3-4,12,16H,5-10H2,1-2H3,(H,15,18). The van der Waals surface area contributed by atoms with Gasteiger partial charge in [-0.2, -0.15) is 0 Å². The number of rotatable bonds is 5. The van der Waals surface area contributed by atoms with Gasteiger partial charge in [0, 0.05) is 42.5 Å². The van der Waals surface area contributed by atoms with Crippen LogP contribution in [0.15, 0.2) is 12.1 Å². The summed E-state index contributed by atoms with van der Waals surface area (Å²) in [5.74, 6) is 0.112. The van der Waals surface area contributed by atoms with Crippen molar-refractivity contribution in [2.45, 2.75) is 32.4 Å². The lowest BCUT2D eigenvalue weighted by Gasteiger charge is -2.31. The molecule has 0 unspecified atom stereocenters. The summed E-state index contributed by atoms with van der Waals surface area (Å²) in [4.78, 5) is 16.3. The van der Waals surface area contributed by atoms with Gasteiger partial charge in [0.25, 0.3) is 0 Å². The van der Waals surface area contributed by atoms with Crippen LogP contribution in [0.1, 0.15) is 22.6 Å². The summed E-state index contributed by atoms with van der Waals surface area (Å²) in [5.41, 5.74) is 0. The fourth-order valence-corrected chi connectivity index (χ4v) is 3.24. The third-order valence-corrected chi connectivity index (χ3v) is 4.60. The number of carbonyl (C=O) groups is 1. The Hall–Kier alpha value is -0.910. The monoisotopic (exact) mass is 281 g/mol. The summed E-state index contributed by atoms with van der Waals surface area (Å²) in [6, 6.07) is 4.96. The van der Waals surface area contributed by atoms with Crippen LogP contribution in [-0.2, 0) is 11.3 Å². The molecule has 2 N–H and O–H groups in total. The molecule has 0 aromatic carbocycles. The van der Waals surface area contributed by atoms with Crippen molar-refractivity contribution in [1.82, 2.24) is 15.5 Å². The maximum atomic E-state index is 11.3. The lowest BCUT2D eigenvalue weighted by atomic mass is 10.1. The van der Waals surface area contributed by atoms with E-state index >= 15 is 0 Å². The minimum Gasteiger partial charge on any atom is -0.358 e.